The van der Waals surface area contributed by atoms with Crippen LogP contribution < -0.4 is 5.32 Å². The first-order chi connectivity index (χ1) is 13.3. The van der Waals surface area contributed by atoms with Gasteiger partial charge in [0.2, 0.25) is 11.7 Å². The van der Waals surface area contributed by atoms with Crippen LogP contribution in [-0.4, -0.2) is 45.6 Å². The van der Waals surface area contributed by atoms with Gasteiger partial charge in [0, 0.05) is 37.0 Å². The standard InChI is InChI=1S/C19H20N4O4S/c1-11-15-8-13(9-21-18(15)23(3)22-11)19(26)27-10-16(25)17-5-4-14(28-17)6-7-20-12(2)24/h4-5,8-9H,6-7,10H2,1-3H3,(H,20,24). The van der Waals surface area contributed by atoms with E-state index in [2.05, 4.69) is 15.4 Å². The number of rotatable bonds is 7. The molecule has 3 rings (SSSR count). The number of ether oxygens (including phenoxy) is 1. The lowest BCUT2D eigenvalue weighted by molar-refractivity contribution is -0.118. The lowest BCUT2D eigenvalue weighted by atomic mass is 10.2. The van der Waals surface area contributed by atoms with E-state index in [0.717, 1.165) is 16.0 Å². The van der Waals surface area contributed by atoms with Crippen LogP contribution in [0.1, 0.15) is 37.5 Å². The van der Waals surface area contributed by atoms with Gasteiger partial charge in [-0.2, -0.15) is 5.10 Å². The van der Waals surface area contributed by atoms with Crippen molar-refractivity contribution in [1.29, 1.82) is 0 Å². The number of Topliss-reactive ketones (excluding diaryl/α,β-unsaturated/α-hetero) is 1. The van der Waals surface area contributed by atoms with E-state index in [9.17, 15) is 14.4 Å². The number of hydrogen-bond donors (Lipinski definition) is 1. The quantitative estimate of drug-likeness (QED) is 0.481. The Hall–Kier alpha value is -3.07. The summed E-state index contributed by atoms with van der Waals surface area (Å²) < 4.78 is 6.80. The van der Waals surface area contributed by atoms with Crippen molar-refractivity contribution < 1.29 is 19.1 Å². The zero-order valence-electron chi connectivity index (χ0n) is 15.8. The number of fused-ring (bicyclic) bond motifs is 1. The summed E-state index contributed by atoms with van der Waals surface area (Å²) in [7, 11) is 1.78. The minimum absolute atomic E-state index is 0.0890. The zero-order chi connectivity index (χ0) is 20.3. The maximum Gasteiger partial charge on any atom is 0.340 e. The van der Waals surface area contributed by atoms with Crippen molar-refractivity contribution in [2.24, 2.45) is 7.05 Å². The van der Waals surface area contributed by atoms with Crippen LogP contribution in [0.15, 0.2) is 24.4 Å². The summed E-state index contributed by atoms with van der Waals surface area (Å²) in [5, 5.41) is 7.74. The van der Waals surface area contributed by atoms with Gasteiger partial charge in [0.25, 0.3) is 0 Å². The molecule has 8 nitrogen and oxygen atoms in total. The molecule has 0 aromatic carbocycles. The Morgan fingerprint density at radius 3 is 2.82 bits per heavy atom. The van der Waals surface area contributed by atoms with Crippen molar-refractivity contribution in [3.63, 3.8) is 0 Å². The molecule has 3 aromatic heterocycles. The molecule has 9 heteroatoms. The average molecular weight is 400 g/mol. The highest BCUT2D eigenvalue weighted by atomic mass is 32.1. The van der Waals surface area contributed by atoms with E-state index in [1.807, 2.05) is 13.0 Å². The Morgan fingerprint density at radius 1 is 1.29 bits per heavy atom. The number of carbonyl (C=O) groups excluding carboxylic acids is 3. The molecule has 0 bridgehead atoms. The monoisotopic (exact) mass is 400 g/mol. The molecule has 0 aliphatic carbocycles. The van der Waals surface area contributed by atoms with Gasteiger partial charge in [-0.15, -0.1) is 11.3 Å². The third-order valence-electron chi connectivity index (χ3n) is 4.11. The first-order valence-electron chi connectivity index (χ1n) is 8.68. The van der Waals surface area contributed by atoms with E-state index >= 15 is 0 Å². The maximum absolute atomic E-state index is 12.3. The minimum Gasteiger partial charge on any atom is -0.454 e. The van der Waals surface area contributed by atoms with Crippen LogP contribution in [0.4, 0.5) is 0 Å². The van der Waals surface area contributed by atoms with Crippen LogP contribution in [0.2, 0.25) is 0 Å². The number of nitrogens with zero attached hydrogens (tertiary/aromatic N) is 3. The van der Waals surface area contributed by atoms with Gasteiger partial charge in [-0.25, -0.2) is 9.78 Å². The summed E-state index contributed by atoms with van der Waals surface area (Å²) in [6.07, 6.45) is 2.06. The number of pyridine rings is 1. The topological polar surface area (TPSA) is 103 Å². The molecule has 1 N–H and O–H groups in total. The average Bonchev–Trinajstić information content (AvgIpc) is 3.24. The summed E-state index contributed by atoms with van der Waals surface area (Å²) in [6, 6.07) is 5.21. The summed E-state index contributed by atoms with van der Waals surface area (Å²) in [6.45, 7) is 3.47. The van der Waals surface area contributed by atoms with Crippen LogP contribution in [-0.2, 0) is 23.0 Å². The molecule has 0 aliphatic rings. The van der Waals surface area contributed by atoms with Crippen molar-refractivity contribution >= 4 is 40.0 Å². The van der Waals surface area contributed by atoms with Crippen LogP contribution >= 0.6 is 11.3 Å². The molecule has 3 aromatic rings. The van der Waals surface area contributed by atoms with Gasteiger partial charge in [-0.05, 0) is 31.5 Å². The van der Waals surface area contributed by atoms with E-state index in [0.29, 0.717) is 23.5 Å². The molecular weight excluding hydrogens is 380 g/mol. The lowest BCUT2D eigenvalue weighted by Crippen LogP contribution is -2.22. The Kier molecular flexibility index (Phi) is 5.84. The third-order valence-corrected chi connectivity index (χ3v) is 5.30. The third kappa shape index (κ3) is 4.42. The molecule has 146 valence electrons. The summed E-state index contributed by atoms with van der Waals surface area (Å²) in [4.78, 5) is 41.2. The molecule has 0 saturated heterocycles. The largest absolute Gasteiger partial charge is 0.454 e. The molecular formula is C19H20N4O4S. The fourth-order valence-corrected chi connectivity index (χ4v) is 3.66. The zero-order valence-corrected chi connectivity index (χ0v) is 16.6. The second-order valence-electron chi connectivity index (χ2n) is 6.30. The number of carbonyl (C=O) groups is 3. The molecule has 0 radical (unpaired) electrons. The first-order valence-corrected chi connectivity index (χ1v) is 9.49. The molecule has 0 unspecified atom stereocenters. The number of nitrogens with one attached hydrogen (secondary N) is 1. The summed E-state index contributed by atoms with van der Waals surface area (Å²) >= 11 is 1.33. The first kappa shape index (κ1) is 19.7. The van der Waals surface area contributed by atoms with Gasteiger partial charge in [0.15, 0.2) is 12.3 Å². The molecule has 0 atom stereocenters. The number of esters is 1. The second kappa shape index (κ2) is 8.30. The maximum atomic E-state index is 12.3. The van der Waals surface area contributed by atoms with E-state index in [1.165, 1.54) is 24.5 Å². The van der Waals surface area contributed by atoms with Crippen molar-refractivity contribution in [3.8, 4) is 0 Å². The Labute approximate surface area is 165 Å². The van der Waals surface area contributed by atoms with Crippen molar-refractivity contribution in [2.75, 3.05) is 13.2 Å². The van der Waals surface area contributed by atoms with Gasteiger partial charge >= 0.3 is 5.97 Å². The van der Waals surface area contributed by atoms with Gasteiger partial charge in [0.05, 0.1) is 16.1 Å². The fourth-order valence-electron chi connectivity index (χ4n) is 2.73. The van der Waals surface area contributed by atoms with Crippen molar-refractivity contribution in [2.45, 2.75) is 20.3 Å². The van der Waals surface area contributed by atoms with E-state index in [1.54, 1.807) is 23.9 Å². The minimum atomic E-state index is -0.603. The van der Waals surface area contributed by atoms with Gasteiger partial charge in [-0.3, -0.25) is 14.3 Å². The van der Waals surface area contributed by atoms with Crippen LogP contribution in [0, 0.1) is 6.92 Å². The van der Waals surface area contributed by atoms with E-state index < -0.39 is 5.97 Å². The number of thiophene rings is 1. The molecule has 1 amide bonds. The summed E-state index contributed by atoms with van der Waals surface area (Å²) in [5.41, 5.74) is 1.72. The predicted octanol–water partition coefficient (Wildman–Crippen LogP) is 2.06. The highest BCUT2D eigenvalue weighted by Gasteiger charge is 2.16. The highest BCUT2D eigenvalue weighted by Crippen LogP contribution is 2.19. The van der Waals surface area contributed by atoms with Gasteiger partial charge in [-0.1, -0.05) is 0 Å². The van der Waals surface area contributed by atoms with Crippen molar-refractivity contribution in [3.05, 3.63) is 45.4 Å². The lowest BCUT2D eigenvalue weighted by Gasteiger charge is -2.04. The second-order valence-corrected chi connectivity index (χ2v) is 7.47. The number of aryl methyl sites for hydroxylation is 2. The molecule has 0 saturated carbocycles. The Balaban J connectivity index is 1.58. The molecule has 0 aliphatic heterocycles. The molecule has 3 heterocycles. The Bertz CT molecular complexity index is 1050. The van der Waals surface area contributed by atoms with Gasteiger partial charge < -0.3 is 10.1 Å². The smallest absolute Gasteiger partial charge is 0.340 e. The molecule has 0 fully saturated rings. The van der Waals surface area contributed by atoms with Crippen LogP contribution in [0.3, 0.4) is 0 Å². The van der Waals surface area contributed by atoms with Crippen molar-refractivity contribution in [1.82, 2.24) is 20.1 Å². The predicted molar refractivity (Wildman–Crippen MR) is 105 cm³/mol. The summed E-state index contributed by atoms with van der Waals surface area (Å²) in [5.74, 6) is -0.960. The number of hydrogen-bond acceptors (Lipinski definition) is 7. The highest BCUT2D eigenvalue weighted by molar-refractivity contribution is 7.14. The van der Waals surface area contributed by atoms with E-state index in [-0.39, 0.29) is 23.9 Å². The number of amides is 1. The Morgan fingerprint density at radius 2 is 2.07 bits per heavy atom. The SMILES string of the molecule is CC(=O)NCCc1ccc(C(=O)COC(=O)c2cnc3c(c2)c(C)nn3C)s1. The normalized spacial score (nSPS) is 10.8. The number of ketones is 1. The number of aromatic nitrogens is 3. The van der Waals surface area contributed by atoms with Crippen LogP contribution in [0.5, 0.6) is 0 Å². The molecule has 0 spiro atoms. The van der Waals surface area contributed by atoms with Gasteiger partial charge in [0.1, 0.15) is 0 Å². The molecule has 28 heavy (non-hydrogen) atoms. The van der Waals surface area contributed by atoms with Crippen LogP contribution in [0.25, 0.3) is 11.0 Å². The van der Waals surface area contributed by atoms with E-state index in [4.69, 9.17) is 4.74 Å². The fraction of sp³-hybridized carbons (Fsp3) is 0.316.